The third-order valence-electron chi connectivity index (χ3n) is 6.30. The third-order valence-corrected chi connectivity index (χ3v) is 6.54. The van der Waals surface area contributed by atoms with Crippen LogP contribution in [0.1, 0.15) is 42.9 Å². The van der Waals surface area contributed by atoms with Crippen LogP contribution in [0.5, 0.6) is 11.5 Å². The van der Waals surface area contributed by atoms with Crippen LogP contribution in [0, 0.1) is 6.92 Å². The minimum Gasteiger partial charge on any atom is -0.490 e. The summed E-state index contributed by atoms with van der Waals surface area (Å²) in [7, 11) is 0. The van der Waals surface area contributed by atoms with E-state index in [0.717, 1.165) is 22.6 Å². The van der Waals surface area contributed by atoms with Crippen molar-refractivity contribution in [2.75, 3.05) is 18.1 Å². The molecular formula is C30H29ClN2O5. The molecule has 7 nitrogen and oxygen atoms in total. The summed E-state index contributed by atoms with van der Waals surface area (Å²) >= 11 is 6.20. The van der Waals surface area contributed by atoms with E-state index in [0.29, 0.717) is 27.9 Å². The maximum Gasteiger partial charge on any atom is 0.335 e. The van der Waals surface area contributed by atoms with Crippen LogP contribution in [0.4, 0.5) is 10.5 Å². The predicted octanol–water partition coefficient (Wildman–Crippen LogP) is 6.29. The molecule has 8 heteroatoms. The second kappa shape index (κ2) is 12.0. The van der Waals surface area contributed by atoms with E-state index in [4.69, 9.17) is 21.1 Å². The van der Waals surface area contributed by atoms with Crippen molar-refractivity contribution in [3.63, 3.8) is 0 Å². The number of nitrogens with zero attached hydrogens (tertiary/aromatic N) is 1. The van der Waals surface area contributed by atoms with Crippen LogP contribution < -0.4 is 19.7 Å². The number of benzene rings is 3. The van der Waals surface area contributed by atoms with Crippen molar-refractivity contribution in [2.45, 2.75) is 33.1 Å². The zero-order chi connectivity index (χ0) is 27.2. The number of carbonyl (C=O) groups excluding carboxylic acids is 3. The van der Waals surface area contributed by atoms with Gasteiger partial charge in [-0.25, -0.2) is 9.69 Å². The van der Waals surface area contributed by atoms with Gasteiger partial charge in [0.05, 0.1) is 5.69 Å². The zero-order valence-corrected chi connectivity index (χ0v) is 22.2. The number of ether oxygens (including phenoxy) is 2. The molecular weight excluding hydrogens is 504 g/mol. The highest BCUT2D eigenvalue weighted by Gasteiger charge is 2.37. The Morgan fingerprint density at radius 3 is 2.42 bits per heavy atom. The predicted molar refractivity (Wildman–Crippen MR) is 148 cm³/mol. The molecule has 1 fully saturated rings. The van der Waals surface area contributed by atoms with Crippen molar-refractivity contribution in [3.05, 3.63) is 94.0 Å². The number of amides is 4. The van der Waals surface area contributed by atoms with E-state index in [-0.39, 0.29) is 18.8 Å². The fraction of sp³-hybridized carbons (Fsp3) is 0.233. The molecule has 0 aromatic heterocycles. The molecule has 38 heavy (non-hydrogen) atoms. The van der Waals surface area contributed by atoms with Crippen molar-refractivity contribution in [2.24, 2.45) is 0 Å². The van der Waals surface area contributed by atoms with E-state index in [2.05, 4.69) is 31.3 Å². The Kier molecular flexibility index (Phi) is 8.48. The molecule has 1 heterocycles. The second-order valence-electron chi connectivity index (χ2n) is 9.05. The van der Waals surface area contributed by atoms with E-state index in [9.17, 15) is 14.4 Å². The number of halogens is 1. The summed E-state index contributed by atoms with van der Waals surface area (Å²) in [6.45, 7) is 6.70. The molecule has 0 saturated carbocycles. The van der Waals surface area contributed by atoms with E-state index in [1.54, 1.807) is 36.4 Å². The first-order chi connectivity index (χ1) is 18.3. The molecule has 3 aromatic carbocycles. The van der Waals surface area contributed by atoms with Crippen LogP contribution in [-0.2, 0) is 9.59 Å². The van der Waals surface area contributed by atoms with E-state index >= 15 is 0 Å². The lowest BCUT2D eigenvalue weighted by Gasteiger charge is -2.26. The highest BCUT2D eigenvalue weighted by atomic mass is 35.5. The average molecular weight is 533 g/mol. The van der Waals surface area contributed by atoms with E-state index < -0.39 is 17.8 Å². The minimum absolute atomic E-state index is 0.212. The molecule has 4 amide bonds. The summed E-state index contributed by atoms with van der Waals surface area (Å²) in [4.78, 5) is 39.3. The van der Waals surface area contributed by atoms with Crippen LogP contribution in [0.25, 0.3) is 6.08 Å². The number of hydrogen-bond donors (Lipinski definition) is 1. The van der Waals surface area contributed by atoms with Crippen molar-refractivity contribution >= 4 is 41.2 Å². The molecule has 0 spiro atoms. The van der Waals surface area contributed by atoms with Crippen LogP contribution in [-0.4, -0.2) is 31.1 Å². The normalized spacial score (nSPS) is 15.4. The van der Waals surface area contributed by atoms with Crippen molar-refractivity contribution < 1.29 is 23.9 Å². The standard InChI is InChI=1S/C30H29ClN2O5/c1-4-20(3)21-8-11-25(12-9-21)37-14-15-38-27-13-10-23(31)17-22(27)18-26-28(34)32-30(36)33(29(26)35)24-7-5-6-19(2)16-24/h5-13,16-18,20H,4,14-15H2,1-3H3,(H,32,34,36)/b26-18-/t20-/m0/s1. The Balaban J connectivity index is 1.49. The topological polar surface area (TPSA) is 84.9 Å². The average Bonchev–Trinajstić information content (AvgIpc) is 2.90. The Morgan fingerprint density at radius 2 is 1.71 bits per heavy atom. The zero-order valence-electron chi connectivity index (χ0n) is 21.5. The lowest BCUT2D eigenvalue weighted by molar-refractivity contribution is -0.122. The van der Waals surface area contributed by atoms with Crippen LogP contribution >= 0.6 is 11.6 Å². The fourth-order valence-corrected chi connectivity index (χ4v) is 4.20. The summed E-state index contributed by atoms with van der Waals surface area (Å²) < 4.78 is 11.7. The molecule has 1 saturated heterocycles. The summed E-state index contributed by atoms with van der Waals surface area (Å²) in [5.41, 5.74) is 2.70. The first-order valence-corrected chi connectivity index (χ1v) is 12.8. The maximum absolute atomic E-state index is 13.2. The molecule has 1 aliphatic heterocycles. The van der Waals surface area contributed by atoms with Gasteiger partial charge in [0.2, 0.25) is 0 Å². The van der Waals surface area contributed by atoms with Gasteiger partial charge in [-0.05, 0) is 78.9 Å². The van der Waals surface area contributed by atoms with E-state index in [1.165, 1.54) is 11.6 Å². The van der Waals surface area contributed by atoms with E-state index in [1.807, 2.05) is 25.1 Å². The van der Waals surface area contributed by atoms with Crippen LogP contribution in [0.2, 0.25) is 5.02 Å². The molecule has 0 bridgehead atoms. The van der Waals surface area contributed by atoms with Gasteiger partial charge in [0, 0.05) is 10.6 Å². The summed E-state index contributed by atoms with van der Waals surface area (Å²) in [6, 6.07) is 19.0. The number of hydrogen-bond acceptors (Lipinski definition) is 5. The van der Waals surface area contributed by atoms with Gasteiger partial charge in [-0.3, -0.25) is 14.9 Å². The van der Waals surface area contributed by atoms with Gasteiger partial charge in [-0.2, -0.15) is 0 Å². The third kappa shape index (κ3) is 6.23. The SMILES string of the molecule is CC[C@H](C)c1ccc(OCCOc2ccc(Cl)cc2/C=C2/C(=O)NC(=O)N(c3cccc(C)c3)C2=O)cc1. The van der Waals surface area contributed by atoms with Crippen molar-refractivity contribution in [1.82, 2.24) is 5.32 Å². The second-order valence-corrected chi connectivity index (χ2v) is 9.49. The molecule has 196 valence electrons. The van der Waals surface area contributed by atoms with Crippen molar-refractivity contribution in [3.8, 4) is 11.5 Å². The summed E-state index contributed by atoms with van der Waals surface area (Å²) in [5, 5.41) is 2.63. The quantitative estimate of drug-likeness (QED) is 0.199. The van der Waals surface area contributed by atoms with Gasteiger partial charge in [0.15, 0.2) is 0 Å². The Labute approximate surface area is 227 Å². The first kappa shape index (κ1) is 26.9. The number of barbiturate groups is 1. The van der Waals surface area contributed by atoms with Crippen LogP contribution in [0.3, 0.4) is 0 Å². The van der Waals surface area contributed by atoms with Gasteiger partial charge in [0.1, 0.15) is 30.3 Å². The molecule has 4 rings (SSSR count). The number of imide groups is 2. The van der Waals surface area contributed by atoms with Crippen molar-refractivity contribution in [1.29, 1.82) is 0 Å². The maximum atomic E-state index is 13.2. The van der Waals surface area contributed by atoms with Crippen LogP contribution in [0.15, 0.2) is 72.3 Å². The highest BCUT2D eigenvalue weighted by Crippen LogP contribution is 2.28. The molecule has 1 N–H and O–H groups in total. The molecule has 0 aliphatic carbocycles. The molecule has 0 radical (unpaired) electrons. The lowest BCUT2D eigenvalue weighted by atomic mass is 9.99. The number of urea groups is 1. The largest absolute Gasteiger partial charge is 0.490 e. The molecule has 1 atom stereocenters. The molecule has 3 aromatic rings. The van der Waals surface area contributed by atoms with Gasteiger partial charge in [-0.1, -0.05) is 49.7 Å². The summed E-state index contributed by atoms with van der Waals surface area (Å²) in [6.07, 6.45) is 2.45. The summed E-state index contributed by atoms with van der Waals surface area (Å²) in [5.74, 6) is 0.116. The number of carbonyl (C=O) groups is 3. The Bertz CT molecular complexity index is 1380. The number of rotatable bonds is 9. The van der Waals surface area contributed by atoms with Gasteiger partial charge < -0.3 is 9.47 Å². The van der Waals surface area contributed by atoms with Gasteiger partial charge in [-0.15, -0.1) is 0 Å². The van der Waals surface area contributed by atoms with Gasteiger partial charge >= 0.3 is 6.03 Å². The van der Waals surface area contributed by atoms with Gasteiger partial charge in [0.25, 0.3) is 11.8 Å². The fourth-order valence-electron chi connectivity index (χ4n) is 4.02. The molecule has 1 aliphatic rings. The highest BCUT2D eigenvalue weighted by molar-refractivity contribution is 6.39. The molecule has 0 unspecified atom stereocenters. The number of aryl methyl sites for hydroxylation is 1. The Hall–Kier alpha value is -4.10. The number of nitrogens with one attached hydrogen (secondary N) is 1. The lowest BCUT2D eigenvalue weighted by Crippen LogP contribution is -2.54. The monoisotopic (exact) mass is 532 g/mol. The minimum atomic E-state index is -0.806. The Morgan fingerprint density at radius 1 is 0.974 bits per heavy atom. The first-order valence-electron chi connectivity index (χ1n) is 12.4. The number of anilines is 1. The smallest absolute Gasteiger partial charge is 0.335 e.